The number of benzene rings is 2. The smallest absolute Gasteiger partial charge is 0.282 e. The van der Waals surface area contributed by atoms with Crippen molar-refractivity contribution in [1.82, 2.24) is 0 Å². The van der Waals surface area contributed by atoms with Crippen LogP contribution in [0.1, 0.15) is 15.9 Å². The van der Waals surface area contributed by atoms with Crippen molar-refractivity contribution in [1.29, 1.82) is 0 Å². The molecule has 0 aromatic heterocycles. The number of anilines is 1. The zero-order valence-electron chi connectivity index (χ0n) is 10.2. The summed E-state index contributed by atoms with van der Waals surface area (Å²) in [5.41, 5.74) is 0.334. The van der Waals surface area contributed by atoms with E-state index in [0.717, 1.165) is 0 Å². The number of hydrogen-bond donors (Lipinski definition) is 1. The fraction of sp³-hybridized carbons (Fsp3) is 0. The van der Waals surface area contributed by atoms with Crippen molar-refractivity contribution in [3.63, 3.8) is 0 Å². The number of hydrogen-bond acceptors (Lipinski definition) is 4. The van der Waals surface area contributed by atoms with E-state index in [1.54, 1.807) is 18.4 Å². The zero-order chi connectivity index (χ0) is 14.5. The molecular formula is C14H9N2O4. The highest BCUT2D eigenvalue weighted by molar-refractivity contribution is 6.07. The van der Waals surface area contributed by atoms with E-state index >= 15 is 0 Å². The highest BCUT2D eigenvalue weighted by atomic mass is 16.6. The summed E-state index contributed by atoms with van der Waals surface area (Å²) in [4.78, 5) is 32.8. The topological polar surface area (TPSA) is 89.3 Å². The van der Waals surface area contributed by atoms with Crippen molar-refractivity contribution in [2.75, 3.05) is 5.32 Å². The lowest BCUT2D eigenvalue weighted by Crippen LogP contribution is -2.13. The molecule has 0 aliphatic carbocycles. The molecular weight excluding hydrogens is 260 g/mol. The fourth-order valence-corrected chi connectivity index (χ4v) is 1.68. The van der Waals surface area contributed by atoms with E-state index in [1.165, 1.54) is 36.4 Å². The van der Waals surface area contributed by atoms with Crippen LogP contribution in [0.4, 0.5) is 11.4 Å². The summed E-state index contributed by atoms with van der Waals surface area (Å²) in [7, 11) is 0. The lowest BCUT2D eigenvalue weighted by Gasteiger charge is -2.06. The van der Waals surface area contributed by atoms with Crippen molar-refractivity contribution in [2.45, 2.75) is 0 Å². The van der Waals surface area contributed by atoms with Gasteiger partial charge in [0.2, 0.25) is 6.29 Å². The van der Waals surface area contributed by atoms with Crippen LogP contribution in [0.25, 0.3) is 0 Å². The van der Waals surface area contributed by atoms with Gasteiger partial charge in [-0.3, -0.25) is 19.7 Å². The molecule has 0 bridgehead atoms. The Morgan fingerprint density at radius 3 is 2.60 bits per heavy atom. The average Bonchev–Trinajstić information content (AvgIpc) is 2.47. The van der Waals surface area contributed by atoms with E-state index in [4.69, 9.17) is 0 Å². The first kappa shape index (κ1) is 13.4. The van der Waals surface area contributed by atoms with Crippen molar-refractivity contribution in [2.24, 2.45) is 0 Å². The molecule has 0 aliphatic heterocycles. The molecule has 0 unspecified atom stereocenters. The first-order valence-electron chi connectivity index (χ1n) is 5.65. The van der Waals surface area contributed by atoms with Crippen LogP contribution in [-0.4, -0.2) is 17.1 Å². The van der Waals surface area contributed by atoms with Gasteiger partial charge in [0, 0.05) is 17.3 Å². The van der Waals surface area contributed by atoms with Crippen molar-refractivity contribution >= 4 is 23.6 Å². The summed E-state index contributed by atoms with van der Waals surface area (Å²) in [5, 5.41) is 13.4. The number of nitro benzene ring substituents is 1. The van der Waals surface area contributed by atoms with Crippen molar-refractivity contribution < 1.29 is 14.5 Å². The quantitative estimate of drug-likeness (QED) is 0.681. The summed E-state index contributed by atoms with van der Waals surface area (Å²) in [6.45, 7) is 0. The lowest BCUT2D eigenvalue weighted by molar-refractivity contribution is -0.385. The van der Waals surface area contributed by atoms with E-state index in [1.807, 2.05) is 0 Å². The largest absolute Gasteiger partial charge is 0.322 e. The van der Waals surface area contributed by atoms with Crippen LogP contribution >= 0.6 is 0 Å². The summed E-state index contributed by atoms with van der Waals surface area (Å²) < 4.78 is 0. The van der Waals surface area contributed by atoms with Crippen LogP contribution in [0.2, 0.25) is 0 Å². The summed E-state index contributed by atoms with van der Waals surface area (Å²) in [6, 6.07) is 11.8. The van der Waals surface area contributed by atoms with Gasteiger partial charge in [-0.2, -0.15) is 0 Å². The second-order valence-corrected chi connectivity index (χ2v) is 3.91. The minimum Gasteiger partial charge on any atom is -0.322 e. The molecule has 2 rings (SSSR count). The molecule has 0 heterocycles. The first-order valence-corrected chi connectivity index (χ1v) is 5.65. The Bertz CT molecular complexity index is 682. The van der Waals surface area contributed by atoms with Crippen LogP contribution in [0.5, 0.6) is 0 Å². The number of nitrogens with one attached hydrogen (secondary N) is 1. The number of nitro groups is 1. The van der Waals surface area contributed by atoms with Gasteiger partial charge in [-0.05, 0) is 18.2 Å². The van der Waals surface area contributed by atoms with Gasteiger partial charge in [0.1, 0.15) is 5.56 Å². The lowest BCUT2D eigenvalue weighted by atomic mass is 10.1. The normalized spacial score (nSPS) is 9.80. The molecule has 2 aromatic carbocycles. The van der Waals surface area contributed by atoms with E-state index < -0.39 is 10.8 Å². The molecule has 0 fully saturated rings. The van der Waals surface area contributed by atoms with E-state index in [2.05, 4.69) is 5.32 Å². The van der Waals surface area contributed by atoms with E-state index in [9.17, 15) is 19.7 Å². The van der Waals surface area contributed by atoms with Gasteiger partial charge in [0.25, 0.3) is 11.6 Å². The monoisotopic (exact) mass is 269 g/mol. The molecule has 99 valence electrons. The number of nitrogens with zero attached hydrogens (tertiary/aromatic N) is 1. The molecule has 2 aromatic rings. The molecule has 0 aliphatic rings. The number of amides is 1. The molecule has 0 saturated heterocycles. The van der Waals surface area contributed by atoms with E-state index in [0.29, 0.717) is 5.69 Å². The molecule has 0 atom stereocenters. The molecule has 1 radical (unpaired) electrons. The standard InChI is InChI=1S/C14H9N2O4/c17-9-10-4-3-5-11(8-10)15-14(18)12-6-1-2-7-13(12)16(19)20/h1-8H,(H,15,18). The maximum absolute atomic E-state index is 12.0. The Balaban J connectivity index is 2.28. The molecule has 1 amide bonds. The molecule has 0 saturated carbocycles. The minimum atomic E-state index is -0.621. The maximum atomic E-state index is 12.0. The van der Waals surface area contributed by atoms with Gasteiger partial charge < -0.3 is 5.32 Å². The predicted molar refractivity (Wildman–Crippen MR) is 72.3 cm³/mol. The Kier molecular flexibility index (Phi) is 3.85. The Morgan fingerprint density at radius 1 is 1.15 bits per heavy atom. The van der Waals surface area contributed by atoms with Crippen LogP contribution in [-0.2, 0) is 4.79 Å². The second-order valence-electron chi connectivity index (χ2n) is 3.91. The molecule has 6 heteroatoms. The maximum Gasteiger partial charge on any atom is 0.282 e. The molecule has 6 nitrogen and oxygen atoms in total. The van der Waals surface area contributed by atoms with Crippen LogP contribution in [0.15, 0.2) is 48.5 Å². The fourth-order valence-electron chi connectivity index (χ4n) is 1.68. The Labute approximate surface area is 114 Å². The first-order chi connectivity index (χ1) is 9.61. The third kappa shape index (κ3) is 2.86. The van der Waals surface area contributed by atoms with Crippen LogP contribution in [0, 0.1) is 10.1 Å². The van der Waals surface area contributed by atoms with Crippen LogP contribution < -0.4 is 5.32 Å². The third-order valence-electron chi connectivity index (χ3n) is 2.58. The van der Waals surface area contributed by atoms with Crippen molar-refractivity contribution in [3.8, 4) is 0 Å². The Morgan fingerprint density at radius 2 is 1.90 bits per heavy atom. The predicted octanol–water partition coefficient (Wildman–Crippen LogP) is 2.30. The highest BCUT2D eigenvalue weighted by Crippen LogP contribution is 2.19. The summed E-state index contributed by atoms with van der Waals surface area (Å²) in [5.74, 6) is -0.611. The number of carbonyl (C=O) groups is 1. The van der Waals surface area contributed by atoms with Crippen LogP contribution in [0.3, 0.4) is 0 Å². The Hall–Kier alpha value is -3.02. The average molecular weight is 269 g/mol. The van der Waals surface area contributed by atoms with Gasteiger partial charge in [-0.25, -0.2) is 0 Å². The number of rotatable bonds is 4. The molecule has 1 N–H and O–H groups in total. The van der Waals surface area contributed by atoms with Gasteiger partial charge >= 0.3 is 0 Å². The van der Waals surface area contributed by atoms with Gasteiger partial charge in [-0.15, -0.1) is 0 Å². The van der Waals surface area contributed by atoms with Gasteiger partial charge in [0.15, 0.2) is 0 Å². The highest BCUT2D eigenvalue weighted by Gasteiger charge is 2.19. The van der Waals surface area contributed by atoms with E-state index in [-0.39, 0.29) is 16.8 Å². The molecule has 0 spiro atoms. The minimum absolute atomic E-state index is 0.0435. The van der Waals surface area contributed by atoms with Gasteiger partial charge in [-0.1, -0.05) is 24.3 Å². The second kappa shape index (κ2) is 5.75. The van der Waals surface area contributed by atoms with Gasteiger partial charge in [0.05, 0.1) is 4.92 Å². The summed E-state index contributed by atoms with van der Waals surface area (Å²) in [6.07, 6.45) is 1.70. The number of para-hydroxylation sites is 1. The third-order valence-corrected chi connectivity index (χ3v) is 2.58. The summed E-state index contributed by atoms with van der Waals surface area (Å²) >= 11 is 0. The van der Waals surface area contributed by atoms with Crippen molar-refractivity contribution in [3.05, 3.63) is 69.8 Å². The zero-order valence-corrected chi connectivity index (χ0v) is 10.2. The SMILES string of the molecule is O=[C]c1cccc(NC(=O)c2ccccc2[N+](=O)[O-])c1. The number of carbonyl (C=O) groups excluding carboxylic acids is 2. The molecule has 20 heavy (non-hydrogen) atoms.